The van der Waals surface area contributed by atoms with Gasteiger partial charge in [0.15, 0.2) is 0 Å². The van der Waals surface area contributed by atoms with Gasteiger partial charge in [0.05, 0.1) is 12.2 Å². The maximum absolute atomic E-state index is 11.6. The van der Waals surface area contributed by atoms with E-state index in [4.69, 9.17) is 0 Å². The van der Waals surface area contributed by atoms with Gasteiger partial charge in [-0.25, -0.2) is 4.98 Å². The number of amides is 1. The third-order valence-corrected chi connectivity index (χ3v) is 3.08. The highest BCUT2D eigenvalue weighted by Crippen LogP contribution is 2.09. The fourth-order valence-corrected chi connectivity index (χ4v) is 1.98. The van der Waals surface area contributed by atoms with E-state index in [1.54, 1.807) is 19.0 Å². The third-order valence-electron chi connectivity index (χ3n) is 3.08. The van der Waals surface area contributed by atoms with E-state index < -0.39 is 0 Å². The number of imidazole rings is 1. The molecule has 2 aromatic heterocycles. The Hall–Kier alpha value is -1.88. The fraction of sp³-hybridized carbons (Fsp3) is 0.429. The van der Waals surface area contributed by atoms with Gasteiger partial charge in [-0.2, -0.15) is 0 Å². The molecule has 19 heavy (non-hydrogen) atoms. The van der Waals surface area contributed by atoms with Gasteiger partial charge in [0.25, 0.3) is 0 Å². The van der Waals surface area contributed by atoms with E-state index in [0.717, 1.165) is 17.0 Å². The number of likely N-dealkylation sites (N-methyl/N-ethyl adjacent to an activating group) is 2. The molecule has 0 aliphatic heterocycles. The minimum absolute atomic E-state index is 0.0995. The van der Waals surface area contributed by atoms with Crippen molar-refractivity contribution in [2.75, 3.05) is 27.7 Å². The second-order valence-electron chi connectivity index (χ2n) is 5.09. The van der Waals surface area contributed by atoms with E-state index >= 15 is 0 Å². The molecule has 0 aromatic carbocycles. The maximum Gasteiger partial charge on any atom is 0.236 e. The van der Waals surface area contributed by atoms with Gasteiger partial charge in [0.1, 0.15) is 5.65 Å². The summed E-state index contributed by atoms with van der Waals surface area (Å²) in [6.07, 6.45) is 2.03. The standard InChI is InChI=1S/C14H20N4O/c1-11-6-5-7-13-15-12(9-18(11)13)8-17(4)10-14(19)16(2)3/h5-7,9H,8,10H2,1-4H3. The Kier molecular flexibility index (Phi) is 3.85. The molecule has 2 aromatic rings. The maximum atomic E-state index is 11.6. The minimum Gasteiger partial charge on any atom is -0.348 e. The van der Waals surface area contributed by atoms with Crippen molar-refractivity contribution in [1.29, 1.82) is 0 Å². The van der Waals surface area contributed by atoms with Gasteiger partial charge in [-0.3, -0.25) is 9.69 Å². The molecule has 0 saturated carbocycles. The third kappa shape index (κ3) is 3.12. The Labute approximate surface area is 113 Å². The average molecular weight is 260 g/mol. The molecule has 102 valence electrons. The van der Waals surface area contributed by atoms with Crippen molar-refractivity contribution in [2.45, 2.75) is 13.5 Å². The fourth-order valence-electron chi connectivity index (χ4n) is 1.98. The van der Waals surface area contributed by atoms with E-state index in [1.807, 2.05) is 30.3 Å². The topological polar surface area (TPSA) is 40.9 Å². The number of fused-ring (bicyclic) bond motifs is 1. The van der Waals surface area contributed by atoms with Crippen LogP contribution < -0.4 is 0 Å². The van der Waals surface area contributed by atoms with Crippen LogP contribution in [0.5, 0.6) is 0 Å². The SMILES string of the molecule is Cc1cccc2nc(CN(C)CC(=O)N(C)C)cn12. The lowest BCUT2D eigenvalue weighted by atomic mass is 10.4. The normalized spacial score (nSPS) is 11.2. The second-order valence-corrected chi connectivity index (χ2v) is 5.09. The van der Waals surface area contributed by atoms with Gasteiger partial charge in [-0.15, -0.1) is 0 Å². The van der Waals surface area contributed by atoms with E-state index in [0.29, 0.717) is 13.1 Å². The summed E-state index contributed by atoms with van der Waals surface area (Å²) in [6, 6.07) is 6.04. The highest BCUT2D eigenvalue weighted by molar-refractivity contribution is 5.77. The van der Waals surface area contributed by atoms with Crippen LogP contribution in [0.3, 0.4) is 0 Å². The van der Waals surface area contributed by atoms with Crippen LogP contribution in [0.25, 0.3) is 5.65 Å². The molecule has 0 saturated heterocycles. The number of rotatable bonds is 4. The lowest BCUT2D eigenvalue weighted by Gasteiger charge is -2.17. The van der Waals surface area contributed by atoms with Crippen molar-refractivity contribution in [3.63, 3.8) is 0 Å². The van der Waals surface area contributed by atoms with Crippen molar-refractivity contribution in [3.8, 4) is 0 Å². The molecule has 0 aliphatic rings. The van der Waals surface area contributed by atoms with Crippen LogP contribution in [-0.2, 0) is 11.3 Å². The summed E-state index contributed by atoms with van der Waals surface area (Å²) in [6.45, 7) is 3.12. The molecule has 2 heterocycles. The summed E-state index contributed by atoms with van der Waals surface area (Å²) in [5, 5.41) is 0. The molecule has 5 nitrogen and oxygen atoms in total. The van der Waals surface area contributed by atoms with Gasteiger partial charge in [-0.1, -0.05) is 6.07 Å². The van der Waals surface area contributed by atoms with Crippen LogP contribution in [0.1, 0.15) is 11.4 Å². The van der Waals surface area contributed by atoms with Gasteiger partial charge in [0, 0.05) is 32.5 Å². The Morgan fingerprint density at radius 3 is 2.68 bits per heavy atom. The number of hydrogen-bond acceptors (Lipinski definition) is 3. The zero-order valence-corrected chi connectivity index (χ0v) is 11.9. The summed E-state index contributed by atoms with van der Waals surface area (Å²) in [5.74, 6) is 0.0995. The molecular formula is C14H20N4O. The smallest absolute Gasteiger partial charge is 0.236 e. The van der Waals surface area contributed by atoms with Crippen molar-refractivity contribution >= 4 is 11.6 Å². The minimum atomic E-state index is 0.0995. The summed E-state index contributed by atoms with van der Waals surface area (Å²) < 4.78 is 2.07. The molecule has 0 fully saturated rings. The second kappa shape index (κ2) is 5.40. The molecule has 0 N–H and O–H groups in total. The Bertz CT molecular complexity index is 588. The Balaban J connectivity index is 2.09. The van der Waals surface area contributed by atoms with Crippen molar-refractivity contribution in [2.24, 2.45) is 0 Å². The van der Waals surface area contributed by atoms with Crippen LogP contribution in [0, 0.1) is 6.92 Å². The first-order chi connectivity index (χ1) is 8.97. The number of pyridine rings is 1. The summed E-state index contributed by atoms with van der Waals surface area (Å²) in [7, 11) is 5.47. The van der Waals surface area contributed by atoms with Crippen molar-refractivity contribution in [1.82, 2.24) is 19.2 Å². The van der Waals surface area contributed by atoms with Gasteiger partial charge >= 0.3 is 0 Å². The molecule has 0 bridgehead atoms. The van der Waals surface area contributed by atoms with E-state index in [9.17, 15) is 4.79 Å². The monoisotopic (exact) mass is 260 g/mol. The number of aryl methyl sites for hydroxylation is 1. The van der Waals surface area contributed by atoms with Crippen LogP contribution >= 0.6 is 0 Å². The number of hydrogen-bond donors (Lipinski definition) is 0. The molecule has 0 aliphatic carbocycles. The molecule has 0 radical (unpaired) electrons. The van der Waals surface area contributed by atoms with Gasteiger partial charge in [0.2, 0.25) is 5.91 Å². The van der Waals surface area contributed by atoms with E-state index in [2.05, 4.69) is 22.4 Å². The highest BCUT2D eigenvalue weighted by atomic mass is 16.2. The van der Waals surface area contributed by atoms with Crippen LogP contribution in [0.4, 0.5) is 0 Å². The highest BCUT2D eigenvalue weighted by Gasteiger charge is 2.11. The van der Waals surface area contributed by atoms with Crippen LogP contribution in [-0.4, -0.2) is 52.8 Å². The first kappa shape index (κ1) is 13.5. The first-order valence-corrected chi connectivity index (χ1v) is 6.29. The molecule has 1 amide bonds. The quantitative estimate of drug-likeness (QED) is 0.828. The molecule has 5 heteroatoms. The number of aromatic nitrogens is 2. The molecule has 0 unspecified atom stereocenters. The summed E-state index contributed by atoms with van der Waals surface area (Å²) in [5.41, 5.74) is 3.08. The predicted octanol–water partition coefficient (Wildman–Crippen LogP) is 1.16. The van der Waals surface area contributed by atoms with Crippen LogP contribution in [0.15, 0.2) is 24.4 Å². The molecule has 0 spiro atoms. The number of nitrogens with zero attached hydrogens (tertiary/aromatic N) is 4. The van der Waals surface area contributed by atoms with Crippen molar-refractivity contribution < 1.29 is 4.79 Å². The Morgan fingerprint density at radius 1 is 1.32 bits per heavy atom. The van der Waals surface area contributed by atoms with E-state index in [-0.39, 0.29) is 5.91 Å². The lowest BCUT2D eigenvalue weighted by Crippen LogP contribution is -2.34. The molecule has 0 atom stereocenters. The molecule has 2 rings (SSSR count). The summed E-state index contributed by atoms with van der Waals surface area (Å²) in [4.78, 5) is 19.8. The largest absolute Gasteiger partial charge is 0.348 e. The average Bonchev–Trinajstić information content (AvgIpc) is 2.72. The first-order valence-electron chi connectivity index (χ1n) is 6.29. The van der Waals surface area contributed by atoms with Gasteiger partial charge < -0.3 is 9.30 Å². The Morgan fingerprint density at radius 2 is 2.05 bits per heavy atom. The zero-order chi connectivity index (χ0) is 14.0. The lowest BCUT2D eigenvalue weighted by molar-refractivity contribution is -0.129. The van der Waals surface area contributed by atoms with Crippen LogP contribution in [0.2, 0.25) is 0 Å². The zero-order valence-electron chi connectivity index (χ0n) is 11.9. The van der Waals surface area contributed by atoms with Gasteiger partial charge in [-0.05, 0) is 26.1 Å². The predicted molar refractivity (Wildman–Crippen MR) is 75.0 cm³/mol. The molecular weight excluding hydrogens is 240 g/mol. The van der Waals surface area contributed by atoms with Crippen molar-refractivity contribution in [3.05, 3.63) is 35.8 Å². The van der Waals surface area contributed by atoms with E-state index in [1.165, 1.54) is 0 Å². The summed E-state index contributed by atoms with van der Waals surface area (Å²) >= 11 is 0. The number of carbonyl (C=O) groups excluding carboxylic acids is 1. The number of carbonyl (C=O) groups is 1.